The summed E-state index contributed by atoms with van der Waals surface area (Å²) in [6, 6.07) is 0. The van der Waals surface area contributed by atoms with Gasteiger partial charge in [0.25, 0.3) is 0 Å². The van der Waals surface area contributed by atoms with Gasteiger partial charge in [0.05, 0.1) is 0 Å². The van der Waals surface area contributed by atoms with E-state index >= 15 is 0 Å². The van der Waals surface area contributed by atoms with Gasteiger partial charge in [0, 0.05) is 58.2 Å². The van der Waals surface area contributed by atoms with Crippen LogP contribution in [0.2, 0.25) is 27.7 Å². The third kappa shape index (κ3) is 8.03. The van der Waals surface area contributed by atoms with E-state index in [0.717, 1.165) is 64.2 Å². The molecular weight excluding hydrogens is 661 g/mol. The zero-order chi connectivity index (χ0) is 32.4. The highest BCUT2D eigenvalue weighted by atomic mass is 28.6. The van der Waals surface area contributed by atoms with E-state index in [4.69, 9.17) is 42.7 Å². The lowest BCUT2D eigenvalue weighted by atomic mass is 10.5. The molecule has 1 saturated heterocycles. The minimum absolute atomic E-state index is 0.110. The van der Waals surface area contributed by atoms with Gasteiger partial charge in [0.15, 0.2) is 0 Å². The Morgan fingerprint density at radius 3 is 0.533 bits per heavy atom. The van der Waals surface area contributed by atoms with E-state index in [1.54, 1.807) is 0 Å². The molecule has 45 heavy (non-hydrogen) atoms. The first-order chi connectivity index (χ1) is 21.1. The lowest BCUT2D eigenvalue weighted by Gasteiger charge is -2.52. The van der Waals surface area contributed by atoms with Crippen molar-refractivity contribution in [1.29, 1.82) is 0 Å². The van der Waals surface area contributed by atoms with E-state index in [2.05, 4.69) is 69.2 Å². The number of rotatable bonds is 15. The molecule has 5 saturated carbocycles. The van der Waals surface area contributed by atoms with Gasteiger partial charge < -0.3 is 42.7 Å². The van der Waals surface area contributed by atoms with E-state index in [1.165, 1.54) is 0 Å². The third-order valence-corrected chi connectivity index (χ3v) is 32.1. The van der Waals surface area contributed by atoms with Crippen LogP contribution in [0.15, 0.2) is 0 Å². The molecule has 0 N–H and O–H groups in total. The predicted molar refractivity (Wildman–Crippen MR) is 180 cm³/mol. The van der Waals surface area contributed by atoms with Crippen LogP contribution in [0.4, 0.5) is 0 Å². The Labute approximate surface area is 277 Å². The second kappa shape index (κ2) is 13.1. The van der Waals surface area contributed by atoms with Crippen molar-refractivity contribution in [2.45, 2.75) is 192 Å². The number of hydrogen-bond acceptors (Lipinski definition) is 10. The molecule has 5 aliphatic carbocycles. The molecule has 0 atom stereocenters. The third-order valence-electron chi connectivity index (χ3n) is 8.81. The molecule has 260 valence electrons. The first-order valence-corrected chi connectivity index (χ1v) is 27.1. The molecule has 0 unspecified atom stereocenters. The van der Waals surface area contributed by atoms with E-state index in [0.29, 0.717) is 0 Å². The van der Waals surface area contributed by atoms with Crippen LogP contribution >= 0.6 is 0 Å². The van der Waals surface area contributed by atoms with Gasteiger partial charge in [-0.3, -0.25) is 0 Å². The van der Waals surface area contributed by atoms with Crippen molar-refractivity contribution in [2.75, 3.05) is 0 Å². The van der Waals surface area contributed by atoms with Crippen molar-refractivity contribution in [3.05, 3.63) is 0 Å². The molecule has 0 amide bonds. The summed E-state index contributed by atoms with van der Waals surface area (Å²) < 4.78 is 73.5. The van der Waals surface area contributed by atoms with Crippen LogP contribution < -0.4 is 0 Å². The largest absolute Gasteiger partial charge is 0.489 e. The Balaban J connectivity index is 1.60. The normalized spacial score (nSPS) is 40.3. The minimum atomic E-state index is -3.53. The van der Waals surface area contributed by atoms with Crippen LogP contribution in [0.1, 0.15) is 133 Å². The van der Waals surface area contributed by atoms with Crippen LogP contribution in [0.5, 0.6) is 0 Å². The van der Waals surface area contributed by atoms with E-state index in [-0.39, 0.29) is 58.2 Å². The molecule has 1 heterocycles. The van der Waals surface area contributed by atoms with Crippen LogP contribution in [0.25, 0.3) is 0 Å². The summed E-state index contributed by atoms with van der Waals surface area (Å²) in [7, 11) is -17.7. The standard InChI is InChI=1S/C30H60O10Si5/c1-21(2)31-41(26-11-12-26)36-42(27-13-14-27,32-22(3)4)38-44(29-17-18-29,34-24(7)8)40-45(30-19-20-30,35-25(9)10)39-43(37-41,28-15-16-28)33-23(5)6/h21-30H,11-20H2,1-10H3. The Hall–Kier alpha value is 0.684. The molecule has 6 rings (SSSR count). The van der Waals surface area contributed by atoms with E-state index < -0.39 is 44.0 Å². The van der Waals surface area contributed by atoms with Gasteiger partial charge in [-0.05, 0) is 133 Å². The predicted octanol–water partition coefficient (Wildman–Crippen LogP) is 7.72. The van der Waals surface area contributed by atoms with Gasteiger partial charge in [-0.25, -0.2) is 0 Å². The molecule has 0 aromatic rings. The van der Waals surface area contributed by atoms with Crippen molar-refractivity contribution >= 4 is 44.0 Å². The minimum Gasteiger partial charge on any atom is -0.372 e. The van der Waals surface area contributed by atoms with Crippen molar-refractivity contribution in [3.63, 3.8) is 0 Å². The van der Waals surface area contributed by atoms with Crippen LogP contribution in [0, 0.1) is 0 Å². The first-order valence-electron chi connectivity index (χ1n) is 18.0. The Kier molecular flexibility index (Phi) is 10.3. The molecule has 0 aromatic carbocycles. The lowest BCUT2D eigenvalue weighted by Crippen LogP contribution is -2.75. The summed E-state index contributed by atoms with van der Waals surface area (Å²) in [5, 5.41) is 0. The molecule has 6 fully saturated rings. The highest BCUT2D eigenvalue weighted by Crippen LogP contribution is 2.62. The average Bonchev–Trinajstić information content (AvgIpc) is 3.75. The van der Waals surface area contributed by atoms with Gasteiger partial charge >= 0.3 is 44.0 Å². The molecule has 0 radical (unpaired) electrons. The van der Waals surface area contributed by atoms with Gasteiger partial charge in [0.1, 0.15) is 0 Å². The topological polar surface area (TPSA) is 92.3 Å². The van der Waals surface area contributed by atoms with Crippen LogP contribution in [-0.2, 0) is 42.7 Å². The summed E-state index contributed by atoms with van der Waals surface area (Å²) in [4.78, 5) is 0. The van der Waals surface area contributed by atoms with Crippen molar-refractivity contribution in [3.8, 4) is 0 Å². The molecule has 15 heteroatoms. The van der Waals surface area contributed by atoms with E-state index in [1.807, 2.05) is 0 Å². The van der Waals surface area contributed by atoms with Gasteiger partial charge in [-0.2, -0.15) is 0 Å². The molecular formula is C30H60O10Si5. The van der Waals surface area contributed by atoms with Crippen LogP contribution in [-0.4, -0.2) is 74.5 Å². The molecule has 0 aromatic heterocycles. The highest BCUT2D eigenvalue weighted by Gasteiger charge is 2.79. The fourth-order valence-electron chi connectivity index (χ4n) is 6.48. The Morgan fingerprint density at radius 1 is 0.311 bits per heavy atom. The fraction of sp³-hybridized carbons (Fsp3) is 1.00. The number of hydrogen-bond donors (Lipinski definition) is 0. The summed E-state index contributed by atoms with van der Waals surface area (Å²) >= 11 is 0. The highest BCUT2D eigenvalue weighted by molar-refractivity contribution is 6.91. The molecule has 0 spiro atoms. The fourth-order valence-corrected chi connectivity index (χ4v) is 34.3. The van der Waals surface area contributed by atoms with Gasteiger partial charge in [-0.15, -0.1) is 0 Å². The molecule has 6 aliphatic rings. The van der Waals surface area contributed by atoms with Crippen molar-refractivity contribution < 1.29 is 42.7 Å². The smallest absolute Gasteiger partial charge is 0.372 e. The zero-order valence-corrected chi connectivity index (χ0v) is 34.4. The molecule has 0 bridgehead atoms. The van der Waals surface area contributed by atoms with Crippen LogP contribution in [0.3, 0.4) is 0 Å². The summed E-state index contributed by atoms with van der Waals surface area (Å²) in [6.07, 6.45) is 9.35. The maximum absolute atomic E-state index is 7.64. The monoisotopic (exact) mass is 720 g/mol. The average molecular weight is 721 g/mol. The van der Waals surface area contributed by atoms with Gasteiger partial charge in [-0.1, -0.05) is 0 Å². The van der Waals surface area contributed by atoms with E-state index in [9.17, 15) is 0 Å². The summed E-state index contributed by atoms with van der Waals surface area (Å²) in [5.41, 5.74) is 0.770. The molecule has 10 nitrogen and oxygen atoms in total. The zero-order valence-electron chi connectivity index (χ0n) is 29.4. The summed E-state index contributed by atoms with van der Waals surface area (Å²) in [5.74, 6) is 0. The SMILES string of the molecule is CC(C)O[Si]1(C2CC2)O[Si](OC(C)C)(C2CC2)O[Si](OC(C)C)(C2CC2)O[Si](OC(C)C)(C2CC2)O[Si](OC(C)C)(C2CC2)O1. The van der Waals surface area contributed by atoms with Gasteiger partial charge in [0.2, 0.25) is 0 Å². The maximum atomic E-state index is 7.64. The first kappa shape index (κ1) is 35.5. The second-order valence-corrected chi connectivity index (χ2v) is 31.1. The maximum Gasteiger partial charge on any atom is 0.489 e. The molecule has 1 aliphatic heterocycles. The van der Waals surface area contributed by atoms with Crippen molar-refractivity contribution in [1.82, 2.24) is 0 Å². The lowest BCUT2D eigenvalue weighted by molar-refractivity contribution is -0.0147. The quantitative estimate of drug-likeness (QED) is 0.157. The van der Waals surface area contributed by atoms with Crippen molar-refractivity contribution in [2.24, 2.45) is 0 Å². The Bertz CT molecular complexity index is 831. The Morgan fingerprint density at radius 2 is 0.444 bits per heavy atom. The second-order valence-electron chi connectivity index (χ2n) is 15.7. The summed E-state index contributed by atoms with van der Waals surface area (Å²) in [6.45, 7) is 20.8.